The van der Waals surface area contributed by atoms with Crippen molar-refractivity contribution in [2.75, 3.05) is 5.75 Å². The SMILES string of the molecule is CCC(C)NC(=O)CSc1nc(C)c(Cc2cccc(Cl)c2)c(=O)n1C. The maximum Gasteiger partial charge on any atom is 0.257 e. The van der Waals surface area contributed by atoms with Crippen LogP contribution < -0.4 is 10.9 Å². The Morgan fingerprint density at radius 2 is 2.15 bits per heavy atom. The first-order valence-electron chi connectivity index (χ1n) is 8.55. The third kappa shape index (κ3) is 5.35. The van der Waals surface area contributed by atoms with Gasteiger partial charge in [-0.1, -0.05) is 42.4 Å². The van der Waals surface area contributed by atoms with Crippen LogP contribution in [-0.2, 0) is 18.3 Å². The fraction of sp³-hybridized carbons (Fsp3) is 0.421. The highest BCUT2D eigenvalue weighted by Gasteiger charge is 2.15. The van der Waals surface area contributed by atoms with Crippen LogP contribution >= 0.6 is 23.4 Å². The number of aryl methyl sites for hydroxylation is 1. The van der Waals surface area contributed by atoms with Crippen LogP contribution in [0.15, 0.2) is 34.2 Å². The number of nitrogens with one attached hydrogen (secondary N) is 1. The molecule has 140 valence electrons. The lowest BCUT2D eigenvalue weighted by molar-refractivity contribution is -0.119. The van der Waals surface area contributed by atoms with E-state index in [0.717, 1.165) is 12.0 Å². The van der Waals surface area contributed by atoms with Gasteiger partial charge in [-0.05, 0) is 38.0 Å². The molecule has 1 amide bonds. The van der Waals surface area contributed by atoms with Gasteiger partial charge in [0.05, 0.1) is 5.75 Å². The summed E-state index contributed by atoms with van der Waals surface area (Å²) in [6.07, 6.45) is 1.36. The number of carbonyl (C=O) groups excluding carboxylic acids is 1. The summed E-state index contributed by atoms with van der Waals surface area (Å²) in [5, 5.41) is 4.10. The molecule has 0 saturated carbocycles. The first-order chi connectivity index (χ1) is 12.3. The van der Waals surface area contributed by atoms with Gasteiger partial charge in [-0.3, -0.25) is 14.2 Å². The predicted octanol–water partition coefficient (Wildman–Crippen LogP) is 3.34. The van der Waals surface area contributed by atoms with Crippen LogP contribution in [0.5, 0.6) is 0 Å². The number of thioether (sulfide) groups is 1. The fourth-order valence-electron chi connectivity index (χ4n) is 2.46. The molecule has 0 saturated heterocycles. The van der Waals surface area contributed by atoms with E-state index in [2.05, 4.69) is 10.3 Å². The highest BCUT2D eigenvalue weighted by Crippen LogP contribution is 2.18. The number of benzene rings is 1. The number of hydrogen-bond donors (Lipinski definition) is 1. The zero-order valence-corrected chi connectivity index (χ0v) is 17.1. The van der Waals surface area contributed by atoms with Gasteiger partial charge in [0, 0.05) is 35.8 Å². The van der Waals surface area contributed by atoms with E-state index >= 15 is 0 Å². The lowest BCUT2D eigenvalue weighted by Crippen LogP contribution is -2.33. The molecule has 1 heterocycles. The lowest BCUT2D eigenvalue weighted by Gasteiger charge is -2.13. The minimum Gasteiger partial charge on any atom is -0.353 e. The Morgan fingerprint density at radius 3 is 2.81 bits per heavy atom. The summed E-state index contributed by atoms with van der Waals surface area (Å²) >= 11 is 7.30. The van der Waals surface area contributed by atoms with E-state index in [4.69, 9.17) is 11.6 Å². The zero-order chi connectivity index (χ0) is 19.3. The number of carbonyl (C=O) groups is 1. The third-order valence-electron chi connectivity index (χ3n) is 4.17. The molecule has 0 aliphatic heterocycles. The Labute approximate surface area is 163 Å². The number of nitrogens with zero attached hydrogens (tertiary/aromatic N) is 2. The van der Waals surface area contributed by atoms with Gasteiger partial charge in [-0.15, -0.1) is 0 Å². The molecule has 1 N–H and O–H groups in total. The molecule has 1 atom stereocenters. The van der Waals surface area contributed by atoms with E-state index in [1.54, 1.807) is 13.1 Å². The van der Waals surface area contributed by atoms with E-state index in [9.17, 15) is 9.59 Å². The van der Waals surface area contributed by atoms with Crippen molar-refractivity contribution in [3.63, 3.8) is 0 Å². The van der Waals surface area contributed by atoms with Crippen LogP contribution in [-0.4, -0.2) is 27.3 Å². The summed E-state index contributed by atoms with van der Waals surface area (Å²) in [5.41, 5.74) is 2.19. The second-order valence-electron chi connectivity index (χ2n) is 6.29. The number of hydrogen-bond acceptors (Lipinski definition) is 4. The maximum absolute atomic E-state index is 12.7. The summed E-state index contributed by atoms with van der Waals surface area (Å²) in [7, 11) is 1.69. The molecule has 2 rings (SSSR count). The van der Waals surface area contributed by atoms with Crippen molar-refractivity contribution in [3.8, 4) is 0 Å². The van der Waals surface area contributed by atoms with E-state index in [1.165, 1.54) is 16.3 Å². The summed E-state index contributed by atoms with van der Waals surface area (Å²) in [6.45, 7) is 5.81. The van der Waals surface area contributed by atoms with Crippen molar-refractivity contribution >= 4 is 29.3 Å². The van der Waals surface area contributed by atoms with Crippen molar-refractivity contribution in [2.45, 2.75) is 44.8 Å². The van der Waals surface area contributed by atoms with Crippen LogP contribution in [0.4, 0.5) is 0 Å². The van der Waals surface area contributed by atoms with E-state index in [0.29, 0.717) is 27.9 Å². The summed E-state index contributed by atoms with van der Waals surface area (Å²) in [4.78, 5) is 29.2. The van der Waals surface area contributed by atoms with Crippen molar-refractivity contribution < 1.29 is 4.79 Å². The molecule has 0 spiro atoms. The highest BCUT2D eigenvalue weighted by atomic mass is 35.5. The zero-order valence-electron chi connectivity index (χ0n) is 15.5. The molecule has 0 fully saturated rings. The van der Waals surface area contributed by atoms with E-state index in [-0.39, 0.29) is 23.3 Å². The molecule has 1 aromatic carbocycles. The Morgan fingerprint density at radius 1 is 1.42 bits per heavy atom. The normalized spacial score (nSPS) is 12.0. The largest absolute Gasteiger partial charge is 0.353 e. The monoisotopic (exact) mass is 393 g/mol. The Balaban J connectivity index is 2.17. The van der Waals surface area contributed by atoms with Crippen molar-refractivity contribution in [1.82, 2.24) is 14.9 Å². The molecule has 26 heavy (non-hydrogen) atoms. The first-order valence-corrected chi connectivity index (χ1v) is 9.91. The standard InChI is InChI=1S/C19H24ClN3O2S/c1-5-12(2)21-17(24)11-26-19-22-13(3)16(18(25)23(19)4)10-14-7-6-8-15(20)9-14/h6-9,12H,5,10-11H2,1-4H3,(H,21,24). The van der Waals surface area contributed by atoms with Crippen LogP contribution in [0.3, 0.4) is 0 Å². The van der Waals surface area contributed by atoms with Crippen LogP contribution in [0.2, 0.25) is 5.02 Å². The second kappa shape index (κ2) is 9.24. The number of halogens is 1. The van der Waals surface area contributed by atoms with E-state index in [1.807, 2.05) is 39.0 Å². The average molecular weight is 394 g/mol. The number of aromatic nitrogens is 2. The van der Waals surface area contributed by atoms with Gasteiger partial charge in [0.25, 0.3) is 5.56 Å². The molecule has 7 heteroatoms. The molecular weight excluding hydrogens is 370 g/mol. The summed E-state index contributed by atoms with van der Waals surface area (Å²) in [5.74, 6) is 0.178. The van der Waals surface area contributed by atoms with Gasteiger partial charge in [0.15, 0.2) is 5.16 Å². The summed E-state index contributed by atoms with van der Waals surface area (Å²) in [6, 6.07) is 7.60. The third-order valence-corrected chi connectivity index (χ3v) is 5.44. The smallest absolute Gasteiger partial charge is 0.257 e. The first kappa shape index (κ1) is 20.5. The van der Waals surface area contributed by atoms with Gasteiger partial charge in [0.1, 0.15) is 0 Å². The van der Waals surface area contributed by atoms with Crippen LogP contribution in [0, 0.1) is 6.92 Å². The Bertz CT molecular complexity index is 851. The minimum atomic E-state index is -0.0951. The maximum atomic E-state index is 12.7. The van der Waals surface area contributed by atoms with Crippen LogP contribution in [0.1, 0.15) is 37.1 Å². The molecule has 0 aliphatic carbocycles. The van der Waals surface area contributed by atoms with Crippen molar-refractivity contribution in [2.24, 2.45) is 7.05 Å². The number of rotatable bonds is 7. The van der Waals surface area contributed by atoms with Crippen LogP contribution in [0.25, 0.3) is 0 Å². The minimum absolute atomic E-state index is 0.0562. The van der Waals surface area contributed by atoms with Gasteiger partial charge in [-0.25, -0.2) is 4.98 Å². The quantitative estimate of drug-likeness (QED) is 0.578. The molecule has 1 aromatic heterocycles. The average Bonchev–Trinajstić information content (AvgIpc) is 2.60. The molecule has 5 nitrogen and oxygen atoms in total. The van der Waals surface area contributed by atoms with Gasteiger partial charge < -0.3 is 5.32 Å². The molecule has 1 unspecified atom stereocenters. The van der Waals surface area contributed by atoms with E-state index < -0.39 is 0 Å². The van der Waals surface area contributed by atoms with Gasteiger partial charge in [0.2, 0.25) is 5.91 Å². The van der Waals surface area contributed by atoms with Gasteiger partial charge >= 0.3 is 0 Å². The number of amides is 1. The predicted molar refractivity (Wildman–Crippen MR) is 107 cm³/mol. The highest BCUT2D eigenvalue weighted by molar-refractivity contribution is 7.99. The molecule has 0 radical (unpaired) electrons. The second-order valence-corrected chi connectivity index (χ2v) is 7.67. The van der Waals surface area contributed by atoms with Crippen molar-refractivity contribution in [3.05, 3.63) is 56.5 Å². The topological polar surface area (TPSA) is 64.0 Å². The molecular formula is C19H24ClN3O2S. The lowest BCUT2D eigenvalue weighted by atomic mass is 10.1. The molecule has 0 bridgehead atoms. The fourth-order valence-corrected chi connectivity index (χ4v) is 3.50. The molecule has 0 aliphatic rings. The summed E-state index contributed by atoms with van der Waals surface area (Å²) < 4.78 is 1.51. The van der Waals surface area contributed by atoms with Gasteiger partial charge in [-0.2, -0.15) is 0 Å². The van der Waals surface area contributed by atoms with Crippen molar-refractivity contribution in [1.29, 1.82) is 0 Å². The Hall–Kier alpha value is -1.79. The Kier molecular flexibility index (Phi) is 7.29. The molecule has 2 aromatic rings.